The molecule has 0 radical (unpaired) electrons. The molecule has 1 saturated heterocycles. The molecule has 1 fully saturated rings. The third-order valence-corrected chi connectivity index (χ3v) is 4.96. The summed E-state index contributed by atoms with van der Waals surface area (Å²) in [5.74, 6) is 1.47. The van der Waals surface area contributed by atoms with Crippen molar-refractivity contribution in [3.63, 3.8) is 0 Å². The summed E-state index contributed by atoms with van der Waals surface area (Å²) >= 11 is 0. The number of anilines is 1. The van der Waals surface area contributed by atoms with Crippen molar-refractivity contribution in [2.24, 2.45) is 5.92 Å². The molecule has 0 bridgehead atoms. The van der Waals surface area contributed by atoms with Crippen LogP contribution in [-0.4, -0.2) is 28.9 Å². The minimum atomic E-state index is 0.0148. The lowest BCUT2D eigenvalue weighted by molar-refractivity contribution is 0.0697. The van der Waals surface area contributed by atoms with Crippen LogP contribution < -0.4 is 5.32 Å². The zero-order chi connectivity index (χ0) is 18.5. The van der Waals surface area contributed by atoms with Gasteiger partial charge in [-0.05, 0) is 55.5 Å². The Bertz CT molecular complexity index is 802. The molecule has 1 aromatic carbocycles. The lowest BCUT2D eigenvalue weighted by atomic mass is 9.99. The van der Waals surface area contributed by atoms with Crippen LogP contribution in [0.3, 0.4) is 0 Å². The Balaban J connectivity index is 1.64. The Morgan fingerprint density at radius 3 is 2.73 bits per heavy atom. The molecule has 1 unspecified atom stereocenters. The first-order chi connectivity index (χ1) is 12.6. The fourth-order valence-corrected chi connectivity index (χ4v) is 3.18. The largest absolute Gasteiger partial charge is 0.364 e. The van der Waals surface area contributed by atoms with Gasteiger partial charge in [-0.1, -0.05) is 19.1 Å². The van der Waals surface area contributed by atoms with E-state index in [2.05, 4.69) is 23.3 Å². The second-order valence-corrected chi connectivity index (χ2v) is 7.01. The molecule has 1 N–H and O–H groups in total. The summed E-state index contributed by atoms with van der Waals surface area (Å²) in [4.78, 5) is 18.9. The van der Waals surface area contributed by atoms with E-state index in [9.17, 15) is 4.79 Å². The molecule has 26 heavy (non-hydrogen) atoms. The SMILES string of the molecule is CC1CCN(C(=O)c2ccc(NC(C)c3cccc(C#N)c3)nc2)CC1. The quantitative estimate of drug-likeness (QED) is 0.907. The van der Waals surface area contributed by atoms with Crippen molar-refractivity contribution in [2.45, 2.75) is 32.7 Å². The molecule has 0 spiro atoms. The monoisotopic (exact) mass is 348 g/mol. The van der Waals surface area contributed by atoms with Crippen molar-refractivity contribution in [2.75, 3.05) is 18.4 Å². The summed E-state index contributed by atoms with van der Waals surface area (Å²) in [5, 5.41) is 12.3. The maximum atomic E-state index is 12.6. The van der Waals surface area contributed by atoms with E-state index in [1.165, 1.54) is 0 Å². The number of aromatic nitrogens is 1. The van der Waals surface area contributed by atoms with Crippen molar-refractivity contribution in [1.82, 2.24) is 9.88 Å². The maximum absolute atomic E-state index is 12.6. The predicted octanol–water partition coefficient (Wildman–Crippen LogP) is 4.00. The number of nitrogens with one attached hydrogen (secondary N) is 1. The maximum Gasteiger partial charge on any atom is 0.255 e. The van der Waals surface area contributed by atoms with Gasteiger partial charge in [-0.15, -0.1) is 0 Å². The van der Waals surface area contributed by atoms with Gasteiger partial charge in [0.15, 0.2) is 0 Å². The van der Waals surface area contributed by atoms with Gasteiger partial charge < -0.3 is 10.2 Å². The number of likely N-dealkylation sites (tertiary alicyclic amines) is 1. The van der Waals surface area contributed by atoms with Crippen molar-refractivity contribution in [3.8, 4) is 6.07 Å². The number of carbonyl (C=O) groups is 1. The molecule has 1 aliphatic rings. The second-order valence-electron chi connectivity index (χ2n) is 7.01. The van der Waals surface area contributed by atoms with E-state index in [1.54, 1.807) is 12.3 Å². The minimum absolute atomic E-state index is 0.0148. The Morgan fingerprint density at radius 1 is 1.31 bits per heavy atom. The third kappa shape index (κ3) is 4.20. The van der Waals surface area contributed by atoms with Gasteiger partial charge in [0.1, 0.15) is 5.82 Å². The molecule has 3 rings (SSSR count). The van der Waals surface area contributed by atoms with Gasteiger partial charge in [0, 0.05) is 25.3 Å². The van der Waals surface area contributed by atoms with E-state index in [1.807, 2.05) is 42.2 Å². The number of benzene rings is 1. The molecule has 5 heteroatoms. The Hall–Kier alpha value is -2.87. The van der Waals surface area contributed by atoms with Crippen LogP contribution in [0.25, 0.3) is 0 Å². The molecule has 2 aromatic rings. The number of nitrogens with zero attached hydrogens (tertiary/aromatic N) is 3. The number of carbonyl (C=O) groups excluding carboxylic acids is 1. The molecule has 1 amide bonds. The van der Waals surface area contributed by atoms with E-state index < -0.39 is 0 Å². The highest BCUT2D eigenvalue weighted by atomic mass is 16.2. The summed E-state index contributed by atoms with van der Waals surface area (Å²) in [6.07, 6.45) is 3.78. The molecular formula is C21H24N4O. The summed E-state index contributed by atoms with van der Waals surface area (Å²) in [7, 11) is 0. The number of piperidine rings is 1. The van der Waals surface area contributed by atoms with Crippen molar-refractivity contribution >= 4 is 11.7 Å². The van der Waals surface area contributed by atoms with E-state index in [-0.39, 0.29) is 11.9 Å². The highest BCUT2D eigenvalue weighted by Gasteiger charge is 2.21. The molecule has 5 nitrogen and oxygen atoms in total. The molecule has 0 aliphatic carbocycles. The fourth-order valence-electron chi connectivity index (χ4n) is 3.18. The summed E-state index contributed by atoms with van der Waals surface area (Å²) in [5.41, 5.74) is 2.29. The van der Waals surface area contributed by atoms with Crippen LogP contribution in [0.5, 0.6) is 0 Å². The summed E-state index contributed by atoms with van der Waals surface area (Å²) < 4.78 is 0. The van der Waals surface area contributed by atoms with Crippen LogP contribution in [0.15, 0.2) is 42.6 Å². The first-order valence-electron chi connectivity index (χ1n) is 9.08. The van der Waals surface area contributed by atoms with Crippen molar-refractivity contribution < 1.29 is 4.79 Å². The number of amides is 1. The van der Waals surface area contributed by atoms with Gasteiger partial charge in [-0.25, -0.2) is 4.98 Å². The van der Waals surface area contributed by atoms with E-state index in [0.29, 0.717) is 22.9 Å². The number of pyridine rings is 1. The van der Waals surface area contributed by atoms with Crippen molar-refractivity contribution in [3.05, 3.63) is 59.3 Å². The van der Waals surface area contributed by atoms with Crippen LogP contribution in [0.2, 0.25) is 0 Å². The van der Waals surface area contributed by atoms with Gasteiger partial charge in [0.2, 0.25) is 0 Å². The molecular weight excluding hydrogens is 324 g/mol. The average Bonchev–Trinajstić information content (AvgIpc) is 2.68. The number of hydrogen-bond acceptors (Lipinski definition) is 4. The Kier molecular flexibility index (Phi) is 5.52. The standard InChI is InChI=1S/C21H24N4O/c1-15-8-10-25(11-9-15)21(26)19-6-7-20(23-14-19)24-16(2)18-5-3-4-17(12-18)13-22/h3-7,12,14-16H,8-11H2,1-2H3,(H,23,24). The van der Waals surface area contributed by atoms with Gasteiger partial charge >= 0.3 is 0 Å². The zero-order valence-electron chi connectivity index (χ0n) is 15.3. The number of rotatable bonds is 4. The second kappa shape index (κ2) is 8.01. The normalized spacial score (nSPS) is 16.0. The van der Waals surface area contributed by atoms with Crippen LogP contribution in [0.4, 0.5) is 5.82 Å². The van der Waals surface area contributed by atoms with E-state index in [0.717, 1.165) is 31.5 Å². The van der Waals surface area contributed by atoms with E-state index in [4.69, 9.17) is 5.26 Å². The molecule has 1 aromatic heterocycles. The van der Waals surface area contributed by atoms with Crippen molar-refractivity contribution in [1.29, 1.82) is 5.26 Å². The highest BCUT2D eigenvalue weighted by molar-refractivity contribution is 5.94. The lowest BCUT2D eigenvalue weighted by Gasteiger charge is -2.30. The van der Waals surface area contributed by atoms with Gasteiger partial charge in [0.25, 0.3) is 5.91 Å². The third-order valence-electron chi connectivity index (χ3n) is 4.96. The summed E-state index contributed by atoms with van der Waals surface area (Å²) in [6.45, 7) is 5.90. The first-order valence-corrected chi connectivity index (χ1v) is 9.08. The van der Waals surface area contributed by atoms with E-state index >= 15 is 0 Å². The number of hydrogen-bond donors (Lipinski definition) is 1. The first kappa shape index (κ1) is 17.9. The minimum Gasteiger partial charge on any atom is -0.364 e. The Morgan fingerprint density at radius 2 is 2.08 bits per heavy atom. The average molecular weight is 348 g/mol. The topological polar surface area (TPSA) is 69.0 Å². The van der Waals surface area contributed by atoms with Crippen LogP contribution in [0, 0.1) is 17.2 Å². The molecule has 134 valence electrons. The van der Waals surface area contributed by atoms with Gasteiger partial charge in [-0.3, -0.25) is 4.79 Å². The van der Waals surface area contributed by atoms with Gasteiger partial charge in [0.05, 0.1) is 17.2 Å². The predicted molar refractivity (Wildman–Crippen MR) is 102 cm³/mol. The van der Waals surface area contributed by atoms with Crippen LogP contribution in [-0.2, 0) is 0 Å². The molecule has 0 saturated carbocycles. The van der Waals surface area contributed by atoms with Crippen LogP contribution >= 0.6 is 0 Å². The van der Waals surface area contributed by atoms with Crippen LogP contribution in [0.1, 0.15) is 54.2 Å². The molecule has 1 atom stereocenters. The lowest BCUT2D eigenvalue weighted by Crippen LogP contribution is -2.37. The number of nitriles is 1. The highest BCUT2D eigenvalue weighted by Crippen LogP contribution is 2.21. The fraction of sp³-hybridized carbons (Fsp3) is 0.381. The smallest absolute Gasteiger partial charge is 0.255 e. The molecule has 1 aliphatic heterocycles. The Labute approximate surface area is 154 Å². The summed E-state index contributed by atoms with van der Waals surface area (Å²) in [6, 6.07) is 13.3. The molecule has 2 heterocycles. The zero-order valence-corrected chi connectivity index (χ0v) is 15.3. The van der Waals surface area contributed by atoms with Gasteiger partial charge in [-0.2, -0.15) is 5.26 Å².